The molecule has 8 heteroatoms. The lowest BCUT2D eigenvalue weighted by Gasteiger charge is -2.21. The molecular weight excluding hydrogens is 442 g/mol. The second-order valence-corrected chi connectivity index (χ2v) is 9.27. The smallest absolute Gasteiger partial charge is 0.348 e. The molecule has 1 amide bonds. The number of nitrogens with one attached hydrogen (secondary N) is 1. The molecule has 1 aliphatic carbocycles. The van der Waals surface area contributed by atoms with Crippen molar-refractivity contribution in [2.75, 3.05) is 18.5 Å². The summed E-state index contributed by atoms with van der Waals surface area (Å²) in [5, 5.41) is 2.98. The van der Waals surface area contributed by atoms with Gasteiger partial charge in [0.05, 0.1) is 12.2 Å². The molecule has 1 aromatic carbocycles. The van der Waals surface area contributed by atoms with Gasteiger partial charge in [-0.05, 0) is 76.1 Å². The predicted octanol–water partition coefficient (Wildman–Crippen LogP) is 5.36. The minimum Gasteiger partial charge on any atom is -0.483 e. The van der Waals surface area contributed by atoms with E-state index in [1.165, 1.54) is 0 Å². The van der Waals surface area contributed by atoms with Gasteiger partial charge in [-0.3, -0.25) is 4.79 Å². The van der Waals surface area contributed by atoms with Crippen LogP contribution >= 0.6 is 11.3 Å². The van der Waals surface area contributed by atoms with Crippen LogP contribution in [0.25, 0.3) is 0 Å². The Labute approximate surface area is 198 Å². The molecule has 2 aromatic rings. The number of ether oxygens (including phenoxy) is 3. The first-order valence-electron chi connectivity index (χ1n) is 11.3. The van der Waals surface area contributed by atoms with Gasteiger partial charge in [0.2, 0.25) is 0 Å². The SMILES string of the molecule is CCOC(=O)c1c(NC(=O)COc2cc(C)ccc2C)sc(C(=O)OC2CCCCC2)c1C. The Morgan fingerprint density at radius 1 is 1.06 bits per heavy atom. The van der Waals surface area contributed by atoms with E-state index in [0.29, 0.717) is 16.2 Å². The summed E-state index contributed by atoms with van der Waals surface area (Å²) >= 11 is 1.03. The topological polar surface area (TPSA) is 90.9 Å². The van der Waals surface area contributed by atoms with Gasteiger partial charge >= 0.3 is 11.9 Å². The maximum atomic E-state index is 12.8. The number of rotatable bonds is 8. The van der Waals surface area contributed by atoms with Crippen LogP contribution in [0.5, 0.6) is 5.75 Å². The molecule has 0 unspecified atom stereocenters. The summed E-state index contributed by atoms with van der Waals surface area (Å²) in [6.45, 7) is 7.17. The van der Waals surface area contributed by atoms with Crippen LogP contribution in [0, 0.1) is 20.8 Å². The highest BCUT2D eigenvalue weighted by Gasteiger charge is 2.29. The molecule has 178 valence electrons. The van der Waals surface area contributed by atoms with Crippen LogP contribution in [0.1, 0.15) is 75.7 Å². The highest BCUT2D eigenvalue weighted by atomic mass is 32.1. The van der Waals surface area contributed by atoms with E-state index in [9.17, 15) is 14.4 Å². The molecule has 3 rings (SSSR count). The molecule has 0 atom stereocenters. The number of carbonyl (C=O) groups is 3. The Morgan fingerprint density at radius 3 is 2.48 bits per heavy atom. The first-order valence-corrected chi connectivity index (χ1v) is 12.1. The minimum atomic E-state index is -0.589. The van der Waals surface area contributed by atoms with Crippen molar-refractivity contribution in [2.45, 2.75) is 65.9 Å². The minimum absolute atomic E-state index is 0.109. The third-order valence-electron chi connectivity index (χ3n) is 5.59. The van der Waals surface area contributed by atoms with Gasteiger partial charge in [0.25, 0.3) is 5.91 Å². The number of carbonyl (C=O) groups excluding carboxylic acids is 3. The molecule has 1 aromatic heterocycles. The normalized spacial score (nSPS) is 13.9. The number of aryl methyl sites for hydroxylation is 2. The van der Waals surface area contributed by atoms with Gasteiger partial charge in [-0.15, -0.1) is 11.3 Å². The standard InChI is InChI=1S/C25H31NO6S/c1-5-30-24(28)21-17(4)22(25(29)32-18-9-7-6-8-10-18)33-23(21)26-20(27)14-31-19-13-15(2)11-12-16(19)3/h11-13,18H,5-10,14H2,1-4H3,(H,26,27). The molecule has 1 saturated carbocycles. The van der Waals surface area contributed by atoms with Crippen molar-refractivity contribution < 1.29 is 28.6 Å². The van der Waals surface area contributed by atoms with Gasteiger partial charge in [0.15, 0.2) is 6.61 Å². The average Bonchev–Trinajstić information content (AvgIpc) is 3.11. The molecule has 0 bridgehead atoms. The second kappa shape index (κ2) is 11.3. The van der Waals surface area contributed by atoms with Gasteiger partial charge in [0.1, 0.15) is 21.7 Å². The van der Waals surface area contributed by atoms with Crippen LogP contribution in [-0.2, 0) is 14.3 Å². The van der Waals surface area contributed by atoms with Crippen LogP contribution in [0.15, 0.2) is 18.2 Å². The molecule has 1 N–H and O–H groups in total. The van der Waals surface area contributed by atoms with E-state index in [0.717, 1.165) is 54.6 Å². The molecule has 1 aliphatic rings. The van der Waals surface area contributed by atoms with Crippen molar-refractivity contribution >= 4 is 34.2 Å². The second-order valence-electron chi connectivity index (χ2n) is 8.25. The highest BCUT2D eigenvalue weighted by molar-refractivity contribution is 7.18. The van der Waals surface area contributed by atoms with Crippen molar-refractivity contribution in [3.63, 3.8) is 0 Å². The van der Waals surface area contributed by atoms with Gasteiger partial charge < -0.3 is 19.5 Å². The number of esters is 2. The molecule has 1 heterocycles. The number of amides is 1. The molecule has 7 nitrogen and oxygen atoms in total. The largest absolute Gasteiger partial charge is 0.483 e. The molecular formula is C25H31NO6S. The van der Waals surface area contributed by atoms with Gasteiger partial charge in [-0.25, -0.2) is 9.59 Å². The lowest BCUT2D eigenvalue weighted by atomic mass is 9.98. The first-order chi connectivity index (χ1) is 15.8. The number of anilines is 1. The van der Waals surface area contributed by atoms with Gasteiger partial charge in [0, 0.05) is 0 Å². The summed E-state index contributed by atoms with van der Waals surface area (Å²) in [6, 6.07) is 5.76. The number of hydrogen-bond donors (Lipinski definition) is 1. The molecule has 1 fully saturated rings. The molecule has 0 radical (unpaired) electrons. The van der Waals surface area contributed by atoms with E-state index >= 15 is 0 Å². The van der Waals surface area contributed by atoms with Gasteiger partial charge in [-0.1, -0.05) is 18.6 Å². The zero-order chi connectivity index (χ0) is 24.0. The van der Waals surface area contributed by atoms with E-state index in [1.54, 1.807) is 13.8 Å². The van der Waals surface area contributed by atoms with Crippen LogP contribution in [-0.4, -0.2) is 37.2 Å². The Kier molecular flexibility index (Phi) is 8.49. The van der Waals surface area contributed by atoms with Crippen molar-refractivity contribution in [1.29, 1.82) is 0 Å². The van der Waals surface area contributed by atoms with Crippen molar-refractivity contribution in [2.24, 2.45) is 0 Å². The number of benzene rings is 1. The third kappa shape index (κ3) is 6.35. The van der Waals surface area contributed by atoms with Crippen molar-refractivity contribution in [3.8, 4) is 5.75 Å². The van der Waals surface area contributed by atoms with Crippen molar-refractivity contribution in [3.05, 3.63) is 45.3 Å². The molecule has 0 aliphatic heterocycles. The predicted molar refractivity (Wildman–Crippen MR) is 127 cm³/mol. The van der Waals surface area contributed by atoms with E-state index in [4.69, 9.17) is 14.2 Å². The maximum Gasteiger partial charge on any atom is 0.348 e. The zero-order valence-electron chi connectivity index (χ0n) is 19.6. The van der Waals surface area contributed by atoms with E-state index < -0.39 is 17.8 Å². The summed E-state index contributed by atoms with van der Waals surface area (Å²) < 4.78 is 16.5. The van der Waals surface area contributed by atoms with Crippen LogP contribution in [0.2, 0.25) is 0 Å². The Bertz CT molecular complexity index is 1020. The molecule has 0 saturated heterocycles. The maximum absolute atomic E-state index is 12.8. The van der Waals surface area contributed by atoms with Crippen molar-refractivity contribution in [1.82, 2.24) is 0 Å². The molecule has 33 heavy (non-hydrogen) atoms. The Balaban J connectivity index is 1.76. The van der Waals surface area contributed by atoms with E-state index in [1.807, 2.05) is 32.0 Å². The summed E-state index contributed by atoms with van der Waals surface area (Å²) in [5.41, 5.74) is 2.57. The number of hydrogen-bond acceptors (Lipinski definition) is 7. The zero-order valence-corrected chi connectivity index (χ0v) is 20.4. The van der Waals surface area contributed by atoms with E-state index in [-0.39, 0.29) is 29.9 Å². The summed E-state index contributed by atoms with van der Waals surface area (Å²) in [4.78, 5) is 38.4. The Morgan fingerprint density at radius 2 is 1.79 bits per heavy atom. The summed E-state index contributed by atoms with van der Waals surface area (Å²) in [6.07, 6.45) is 4.82. The van der Waals surface area contributed by atoms with Crippen LogP contribution in [0.4, 0.5) is 5.00 Å². The monoisotopic (exact) mass is 473 g/mol. The third-order valence-corrected chi connectivity index (χ3v) is 6.78. The Hall–Kier alpha value is -2.87. The fourth-order valence-corrected chi connectivity index (χ4v) is 4.90. The molecule has 0 spiro atoms. The van der Waals surface area contributed by atoms with Crippen LogP contribution in [0.3, 0.4) is 0 Å². The fourth-order valence-electron chi connectivity index (χ4n) is 3.80. The van der Waals surface area contributed by atoms with E-state index in [2.05, 4.69) is 5.32 Å². The lowest BCUT2D eigenvalue weighted by Crippen LogP contribution is -2.21. The fraction of sp³-hybridized carbons (Fsp3) is 0.480. The van der Waals surface area contributed by atoms with Gasteiger partial charge in [-0.2, -0.15) is 0 Å². The first kappa shape index (κ1) is 24.8. The average molecular weight is 474 g/mol. The summed E-state index contributed by atoms with van der Waals surface area (Å²) in [7, 11) is 0. The number of thiophene rings is 1. The highest BCUT2D eigenvalue weighted by Crippen LogP contribution is 2.35. The lowest BCUT2D eigenvalue weighted by molar-refractivity contribution is -0.118. The quantitative estimate of drug-likeness (QED) is 0.519. The van der Waals surface area contributed by atoms with Crippen LogP contribution < -0.4 is 10.1 Å². The summed E-state index contributed by atoms with van der Waals surface area (Å²) in [5.74, 6) is -0.874.